The van der Waals surface area contributed by atoms with E-state index in [2.05, 4.69) is 22.2 Å². The molecular formula is C20H27NO6S. The molecule has 1 aromatic rings. The monoisotopic (exact) mass is 409 g/mol. The van der Waals surface area contributed by atoms with Crippen LogP contribution in [-0.2, 0) is 30.3 Å². The molecule has 0 fully saturated rings. The molecular weight excluding hydrogens is 382 g/mol. The van der Waals surface area contributed by atoms with Crippen LogP contribution in [-0.4, -0.2) is 52.9 Å². The summed E-state index contributed by atoms with van der Waals surface area (Å²) in [5, 5.41) is 11.4. The molecule has 0 aliphatic carbocycles. The molecule has 8 heteroatoms. The van der Waals surface area contributed by atoms with E-state index in [4.69, 9.17) is 5.11 Å². The number of Topliss-reactive ketones (excluding diaryl/α,β-unsaturated/α-hetero) is 1. The fraction of sp³-hybridized carbons (Fsp3) is 0.500. The summed E-state index contributed by atoms with van der Waals surface area (Å²) in [6.07, 6.45) is 1.41. The van der Waals surface area contributed by atoms with E-state index in [1.807, 2.05) is 18.2 Å². The molecule has 28 heavy (non-hydrogen) atoms. The number of aliphatic carboxylic acids is 1. The van der Waals surface area contributed by atoms with Crippen molar-refractivity contribution >= 4 is 35.4 Å². The van der Waals surface area contributed by atoms with Gasteiger partial charge in [-0.15, -0.1) is 0 Å². The van der Waals surface area contributed by atoms with Gasteiger partial charge in [0, 0.05) is 18.6 Å². The number of amides is 1. The van der Waals surface area contributed by atoms with Crippen LogP contribution in [0.4, 0.5) is 0 Å². The average Bonchev–Trinajstić information content (AvgIpc) is 2.65. The van der Waals surface area contributed by atoms with E-state index in [1.54, 1.807) is 18.7 Å². The van der Waals surface area contributed by atoms with Crippen LogP contribution >= 0.6 is 11.8 Å². The summed E-state index contributed by atoms with van der Waals surface area (Å²) >= 11 is 1.64. The van der Waals surface area contributed by atoms with Crippen molar-refractivity contribution in [2.75, 3.05) is 18.1 Å². The van der Waals surface area contributed by atoms with Crippen molar-refractivity contribution < 1.29 is 29.0 Å². The molecule has 0 bridgehead atoms. The van der Waals surface area contributed by atoms with Crippen LogP contribution in [0.2, 0.25) is 0 Å². The second-order valence-corrected chi connectivity index (χ2v) is 7.62. The van der Waals surface area contributed by atoms with Crippen molar-refractivity contribution in [1.29, 1.82) is 0 Å². The Hall–Kier alpha value is -2.35. The van der Waals surface area contributed by atoms with E-state index in [0.717, 1.165) is 25.5 Å². The standard InChI is InChI=1S/C20H27NO6S/c1-14(13-28-10-6-9-16-7-4-3-5-8-16)20(26)21-17(11-19(24)25)18(23)12-27-15(2)22/h3-5,7-8,14,17H,6,9-13H2,1-2H3,(H,21,26)(H,24,25). The van der Waals surface area contributed by atoms with Gasteiger partial charge in [0.15, 0.2) is 12.4 Å². The summed E-state index contributed by atoms with van der Waals surface area (Å²) in [6.45, 7) is 2.32. The number of aryl methyl sites for hydroxylation is 1. The normalized spacial score (nSPS) is 12.6. The first-order chi connectivity index (χ1) is 13.3. The summed E-state index contributed by atoms with van der Waals surface area (Å²) in [7, 11) is 0. The minimum Gasteiger partial charge on any atom is -0.481 e. The number of rotatable bonds is 13. The average molecular weight is 410 g/mol. The highest BCUT2D eigenvalue weighted by atomic mass is 32.2. The lowest BCUT2D eigenvalue weighted by atomic mass is 10.1. The number of hydrogen-bond acceptors (Lipinski definition) is 6. The number of esters is 1. The number of carbonyl (C=O) groups is 4. The Morgan fingerprint density at radius 2 is 1.86 bits per heavy atom. The fourth-order valence-corrected chi connectivity index (χ4v) is 3.39. The van der Waals surface area contributed by atoms with Crippen LogP contribution < -0.4 is 5.32 Å². The minimum atomic E-state index is -1.22. The molecule has 0 aliphatic heterocycles. The highest BCUT2D eigenvalue weighted by Crippen LogP contribution is 2.13. The topological polar surface area (TPSA) is 110 Å². The summed E-state index contributed by atoms with van der Waals surface area (Å²) in [5.74, 6) is -1.81. The number of ketones is 1. The van der Waals surface area contributed by atoms with Crippen molar-refractivity contribution in [2.24, 2.45) is 5.92 Å². The van der Waals surface area contributed by atoms with Gasteiger partial charge in [0.1, 0.15) is 6.04 Å². The number of carboxylic acid groups (broad SMARTS) is 1. The molecule has 0 aromatic heterocycles. The second kappa shape index (κ2) is 12.9. The maximum Gasteiger partial charge on any atom is 0.305 e. The van der Waals surface area contributed by atoms with Gasteiger partial charge in [0.2, 0.25) is 5.91 Å². The van der Waals surface area contributed by atoms with Gasteiger partial charge in [0.05, 0.1) is 6.42 Å². The third-order valence-electron chi connectivity index (χ3n) is 3.91. The molecule has 0 saturated carbocycles. The van der Waals surface area contributed by atoms with E-state index < -0.39 is 42.7 Å². The van der Waals surface area contributed by atoms with Gasteiger partial charge in [-0.05, 0) is 24.2 Å². The van der Waals surface area contributed by atoms with Gasteiger partial charge in [0.25, 0.3) is 0 Å². The Morgan fingerprint density at radius 3 is 2.46 bits per heavy atom. The lowest BCUT2D eigenvalue weighted by Crippen LogP contribution is -2.46. The molecule has 2 unspecified atom stereocenters. The number of thioether (sulfide) groups is 1. The SMILES string of the molecule is CC(=O)OCC(=O)C(CC(=O)O)NC(=O)C(C)CSCCCc1ccccc1. The molecule has 2 N–H and O–H groups in total. The number of carboxylic acids is 1. The molecule has 1 rings (SSSR count). The van der Waals surface area contributed by atoms with Crippen LogP contribution in [0.25, 0.3) is 0 Å². The molecule has 0 spiro atoms. The van der Waals surface area contributed by atoms with E-state index in [-0.39, 0.29) is 5.92 Å². The minimum absolute atomic E-state index is 0.375. The molecule has 1 amide bonds. The van der Waals surface area contributed by atoms with Crippen LogP contribution in [0.1, 0.15) is 32.3 Å². The smallest absolute Gasteiger partial charge is 0.305 e. The Kier molecular flexibility index (Phi) is 10.9. The molecule has 2 atom stereocenters. The third kappa shape index (κ3) is 10.1. The van der Waals surface area contributed by atoms with Crippen LogP contribution in [0.3, 0.4) is 0 Å². The fourth-order valence-electron chi connectivity index (χ4n) is 2.37. The zero-order chi connectivity index (χ0) is 20.9. The van der Waals surface area contributed by atoms with Gasteiger partial charge < -0.3 is 15.2 Å². The largest absolute Gasteiger partial charge is 0.481 e. The highest BCUT2D eigenvalue weighted by Gasteiger charge is 2.26. The first-order valence-electron chi connectivity index (χ1n) is 9.09. The third-order valence-corrected chi connectivity index (χ3v) is 5.23. The van der Waals surface area contributed by atoms with Crippen LogP contribution in [0, 0.1) is 5.92 Å². The number of nitrogens with one attached hydrogen (secondary N) is 1. The van der Waals surface area contributed by atoms with Crippen molar-refractivity contribution in [2.45, 2.75) is 39.2 Å². The molecule has 0 saturated heterocycles. The van der Waals surface area contributed by atoms with Crippen LogP contribution in [0.5, 0.6) is 0 Å². The molecule has 0 heterocycles. The summed E-state index contributed by atoms with van der Waals surface area (Å²) < 4.78 is 4.60. The van der Waals surface area contributed by atoms with Crippen molar-refractivity contribution in [3.63, 3.8) is 0 Å². The van der Waals surface area contributed by atoms with Gasteiger partial charge in [-0.3, -0.25) is 19.2 Å². The molecule has 0 aliphatic rings. The van der Waals surface area contributed by atoms with Gasteiger partial charge in [-0.2, -0.15) is 11.8 Å². The summed E-state index contributed by atoms with van der Waals surface area (Å²) in [4.78, 5) is 46.1. The van der Waals surface area contributed by atoms with E-state index in [0.29, 0.717) is 5.75 Å². The first-order valence-corrected chi connectivity index (χ1v) is 10.2. The Balaban J connectivity index is 2.38. The van der Waals surface area contributed by atoms with Crippen molar-refractivity contribution in [3.8, 4) is 0 Å². The van der Waals surface area contributed by atoms with E-state index >= 15 is 0 Å². The predicted molar refractivity (Wildman–Crippen MR) is 107 cm³/mol. The first kappa shape index (κ1) is 23.7. The maximum atomic E-state index is 12.3. The van der Waals surface area contributed by atoms with E-state index in [1.165, 1.54) is 5.56 Å². The quantitative estimate of drug-likeness (QED) is 0.379. The number of hydrogen-bond donors (Lipinski definition) is 2. The predicted octanol–water partition coefficient (Wildman–Crippen LogP) is 2.08. The highest BCUT2D eigenvalue weighted by molar-refractivity contribution is 7.99. The number of benzene rings is 1. The number of ether oxygens (including phenoxy) is 1. The molecule has 7 nitrogen and oxygen atoms in total. The second-order valence-electron chi connectivity index (χ2n) is 6.47. The molecule has 0 radical (unpaired) electrons. The van der Waals surface area contributed by atoms with Gasteiger partial charge in [-0.1, -0.05) is 37.3 Å². The molecule has 1 aromatic carbocycles. The van der Waals surface area contributed by atoms with E-state index in [9.17, 15) is 19.2 Å². The Bertz CT molecular complexity index is 664. The summed E-state index contributed by atoms with van der Waals surface area (Å²) in [5.41, 5.74) is 1.27. The Morgan fingerprint density at radius 1 is 1.18 bits per heavy atom. The maximum absolute atomic E-state index is 12.3. The van der Waals surface area contributed by atoms with Gasteiger partial charge in [-0.25, -0.2) is 0 Å². The van der Waals surface area contributed by atoms with Crippen molar-refractivity contribution in [1.82, 2.24) is 5.32 Å². The lowest BCUT2D eigenvalue weighted by Gasteiger charge is -2.18. The Labute approximate surface area is 169 Å². The zero-order valence-electron chi connectivity index (χ0n) is 16.2. The zero-order valence-corrected chi connectivity index (χ0v) is 17.0. The summed E-state index contributed by atoms with van der Waals surface area (Å²) in [6, 6.07) is 8.94. The van der Waals surface area contributed by atoms with Gasteiger partial charge >= 0.3 is 11.9 Å². The molecule has 154 valence electrons. The van der Waals surface area contributed by atoms with Crippen molar-refractivity contribution in [3.05, 3.63) is 35.9 Å². The van der Waals surface area contributed by atoms with Crippen LogP contribution in [0.15, 0.2) is 30.3 Å². The lowest BCUT2D eigenvalue weighted by molar-refractivity contribution is -0.147. The number of carbonyl (C=O) groups excluding carboxylic acids is 3.